The quantitative estimate of drug-likeness (QED) is 0.406. The number of rotatable bonds is 2. The third kappa shape index (κ3) is 3.49. The predicted octanol–water partition coefficient (Wildman–Crippen LogP) is 2.33. The molecule has 0 heterocycles. The summed E-state index contributed by atoms with van der Waals surface area (Å²) in [5.74, 6) is -6.20. The van der Waals surface area contributed by atoms with Gasteiger partial charge >= 0.3 is 24.1 Å². The van der Waals surface area contributed by atoms with Gasteiger partial charge < -0.3 is 4.12 Å². The smallest absolute Gasteiger partial charge is 0.328 e. The van der Waals surface area contributed by atoms with Crippen molar-refractivity contribution in [1.29, 1.82) is 0 Å². The van der Waals surface area contributed by atoms with Gasteiger partial charge in [-0.1, -0.05) is 0 Å². The lowest BCUT2D eigenvalue weighted by Gasteiger charge is -2.15. The Morgan fingerprint density at radius 1 is 0.833 bits per heavy atom. The van der Waals surface area contributed by atoms with E-state index in [1.807, 2.05) is 4.12 Å². The fraction of sp³-hybridized carbons (Fsp3) is 1.00. The number of alkyl halides is 3. The van der Waals surface area contributed by atoms with Crippen molar-refractivity contribution in [3.05, 3.63) is 0 Å². The average Bonchev–Trinajstić information content (AvgIpc) is 1.52. The van der Waals surface area contributed by atoms with Crippen LogP contribution in [0.2, 0.25) is 0 Å². The molecular formula is CF8OSi2. The van der Waals surface area contributed by atoms with Gasteiger partial charge in [0, 0.05) is 0 Å². The minimum Gasteiger partial charge on any atom is -0.328 e. The zero-order valence-corrected chi connectivity index (χ0v) is 6.93. The lowest BCUT2D eigenvalue weighted by atomic mass is 11.5. The summed E-state index contributed by atoms with van der Waals surface area (Å²) < 4.78 is 91.3. The highest BCUT2D eigenvalue weighted by molar-refractivity contribution is 6.71. The summed E-state index contributed by atoms with van der Waals surface area (Å²) >= 11 is 0. The molecule has 0 aromatic rings. The Balaban J connectivity index is 4.44. The van der Waals surface area contributed by atoms with E-state index in [4.69, 9.17) is 0 Å². The van der Waals surface area contributed by atoms with E-state index in [0.29, 0.717) is 0 Å². The Morgan fingerprint density at radius 2 is 1.17 bits per heavy atom. The molecule has 0 aliphatic rings. The third-order valence-electron chi connectivity index (χ3n) is 0.574. The first kappa shape index (κ1) is 11.8. The normalized spacial score (nSPS) is 15.0. The SMILES string of the molecule is FC(F)(F)[Si](F)(F)O[Si](F)(F)F. The molecule has 0 spiro atoms. The monoisotopic (exact) mass is 236 g/mol. The number of hydrogen-bond acceptors (Lipinski definition) is 1. The molecule has 0 radical (unpaired) electrons. The first-order valence-corrected chi connectivity index (χ1v) is 5.38. The van der Waals surface area contributed by atoms with E-state index >= 15 is 0 Å². The summed E-state index contributed by atoms with van der Waals surface area (Å²) in [7, 11) is -14.9. The van der Waals surface area contributed by atoms with Crippen LogP contribution in [-0.4, -0.2) is 24.1 Å². The van der Waals surface area contributed by atoms with Gasteiger partial charge in [0.15, 0.2) is 0 Å². The molecule has 0 aliphatic carbocycles. The Bertz CT molecular complexity index is 155. The molecule has 12 heavy (non-hydrogen) atoms. The van der Waals surface area contributed by atoms with Crippen LogP contribution in [0.25, 0.3) is 0 Å². The van der Waals surface area contributed by atoms with E-state index in [1.165, 1.54) is 0 Å². The fourth-order valence-electron chi connectivity index (χ4n) is 0.203. The zero-order chi connectivity index (χ0) is 10.2. The third-order valence-corrected chi connectivity index (χ3v) is 3.19. The van der Waals surface area contributed by atoms with Crippen molar-refractivity contribution in [3.63, 3.8) is 0 Å². The molecule has 0 aliphatic heterocycles. The molecule has 11 heteroatoms. The Hall–Kier alpha value is -0.166. The standard InChI is InChI=1S/CF8OSi2/c2-1(3,4)11(5,6)10-12(7,8)9. The molecule has 0 atom stereocenters. The van der Waals surface area contributed by atoms with E-state index in [9.17, 15) is 33.7 Å². The molecule has 0 saturated carbocycles. The van der Waals surface area contributed by atoms with Crippen LogP contribution in [0.4, 0.5) is 33.7 Å². The Kier molecular flexibility index (Phi) is 2.91. The van der Waals surface area contributed by atoms with Crippen LogP contribution in [-0.2, 0) is 4.12 Å². The van der Waals surface area contributed by atoms with Gasteiger partial charge in [-0.25, -0.2) is 20.5 Å². The first-order valence-electron chi connectivity index (χ1n) is 2.17. The lowest BCUT2D eigenvalue weighted by Crippen LogP contribution is -2.50. The molecule has 0 bridgehead atoms. The summed E-state index contributed by atoms with van der Waals surface area (Å²) in [5, 5.41) is 0. The lowest BCUT2D eigenvalue weighted by molar-refractivity contribution is -0.0927. The number of halogens is 8. The van der Waals surface area contributed by atoms with Gasteiger partial charge in [-0.15, -0.1) is 0 Å². The maximum Gasteiger partial charge on any atom is 0.795 e. The van der Waals surface area contributed by atoms with Crippen LogP contribution in [0.5, 0.6) is 0 Å². The second-order valence-corrected chi connectivity index (χ2v) is 4.87. The average molecular weight is 236 g/mol. The molecule has 74 valence electrons. The van der Waals surface area contributed by atoms with Crippen LogP contribution < -0.4 is 0 Å². The van der Waals surface area contributed by atoms with Crippen molar-refractivity contribution in [3.8, 4) is 0 Å². The van der Waals surface area contributed by atoms with Crippen molar-refractivity contribution in [2.75, 3.05) is 0 Å². The highest BCUT2D eigenvalue weighted by atomic mass is 28.5. The minimum atomic E-state index is -7.60. The van der Waals surface area contributed by atoms with Crippen LogP contribution in [0.3, 0.4) is 0 Å². The van der Waals surface area contributed by atoms with E-state index in [0.717, 1.165) is 0 Å². The molecule has 0 unspecified atom stereocenters. The Morgan fingerprint density at radius 3 is 1.25 bits per heavy atom. The maximum absolute atomic E-state index is 11.5. The van der Waals surface area contributed by atoms with Crippen LogP contribution in [0.15, 0.2) is 0 Å². The van der Waals surface area contributed by atoms with Gasteiger partial charge in [0.05, 0.1) is 0 Å². The minimum absolute atomic E-state index is 1.81. The molecule has 0 aromatic carbocycles. The summed E-state index contributed by atoms with van der Waals surface area (Å²) in [5.41, 5.74) is 0. The zero-order valence-electron chi connectivity index (χ0n) is 4.93. The molecule has 0 N–H and O–H groups in total. The summed E-state index contributed by atoms with van der Waals surface area (Å²) in [6.45, 7) is 0. The van der Waals surface area contributed by atoms with E-state index in [2.05, 4.69) is 0 Å². The molecular weight excluding hydrogens is 236 g/mol. The largest absolute Gasteiger partial charge is 0.795 e. The molecule has 0 rings (SSSR count). The molecule has 1 nitrogen and oxygen atoms in total. The number of hydrogen-bond donors (Lipinski definition) is 0. The summed E-state index contributed by atoms with van der Waals surface area (Å²) in [6, 6.07) is 0. The second-order valence-electron chi connectivity index (χ2n) is 1.56. The highest BCUT2D eigenvalue weighted by Gasteiger charge is 2.72. The topological polar surface area (TPSA) is 9.23 Å². The van der Waals surface area contributed by atoms with Crippen molar-refractivity contribution in [1.82, 2.24) is 0 Å². The van der Waals surface area contributed by atoms with Gasteiger partial charge in [-0.05, 0) is 0 Å². The van der Waals surface area contributed by atoms with Crippen LogP contribution in [0.1, 0.15) is 0 Å². The molecule has 0 aromatic heterocycles. The summed E-state index contributed by atoms with van der Waals surface area (Å²) in [4.78, 5) is 0. The maximum atomic E-state index is 11.5. The molecule has 0 fully saturated rings. The van der Waals surface area contributed by atoms with Crippen molar-refractivity contribution in [2.24, 2.45) is 0 Å². The van der Waals surface area contributed by atoms with Crippen molar-refractivity contribution in [2.45, 2.75) is 5.80 Å². The molecule has 0 saturated heterocycles. The van der Waals surface area contributed by atoms with Gasteiger partial charge in [0.2, 0.25) is 0 Å². The summed E-state index contributed by atoms with van der Waals surface area (Å²) in [6.07, 6.45) is 0. The van der Waals surface area contributed by atoms with E-state index < -0.39 is 24.1 Å². The van der Waals surface area contributed by atoms with Crippen molar-refractivity contribution >= 4 is 18.3 Å². The molecule has 0 amide bonds. The first-order chi connectivity index (χ1) is 4.96. The van der Waals surface area contributed by atoms with Crippen molar-refractivity contribution < 1.29 is 37.8 Å². The van der Waals surface area contributed by atoms with Crippen LogP contribution in [0, 0.1) is 0 Å². The van der Waals surface area contributed by atoms with Gasteiger partial charge in [-0.3, -0.25) is 0 Å². The predicted molar refractivity (Wildman–Crippen MR) is 24.2 cm³/mol. The second kappa shape index (κ2) is 2.95. The van der Waals surface area contributed by atoms with E-state index in [-0.39, 0.29) is 0 Å². The highest BCUT2D eigenvalue weighted by Crippen LogP contribution is 2.34. The Labute approximate surface area is 63.1 Å². The van der Waals surface area contributed by atoms with E-state index in [1.54, 1.807) is 0 Å². The van der Waals surface area contributed by atoms with Gasteiger partial charge in [0.1, 0.15) is 0 Å². The van der Waals surface area contributed by atoms with Gasteiger partial charge in [0.25, 0.3) is 0 Å². The van der Waals surface area contributed by atoms with Gasteiger partial charge in [-0.2, -0.15) is 13.2 Å². The van der Waals surface area contributed by atoms with Crippen LogP contribution >= 0.6 is 0 Å². The fourth-order valence-corrected chi connectivity index (χ4v) is 1.83.